The molecule has 0 saturated carbocycles. The SMILES string of the molecule is CCOC(=O)c1ccc(N(CC)CC)cc1N. The van der Waals surface area contributed by atoms with Crippen LogP contribution in [0.1, 0.15) is 31.1 Å². The Balaban J connectivity index is 2.97. The molecule has 1 rings (SSSR count). The zero-order chi connectivity index (χ0) is 12.8. The molecule has 0 aliphatic heterocycles. The van der Waals surface area contributed by atoms with Crippen LogP contribution in [-0.2, 0) is 4.74 Å². The third-order valence-corrected chi connectivity index (χ3v) is 2.66. The maximum absolute atomic E-state index is 11.6. The molecule has 0 atom stereocenters. The molecule has 2 N–H and O–H groups in total. The lowest BCUT2D eigenvalue weighted by Crippen LogP contribution is -2.22. The molecule has 1 aromatic rings. The molecule has 94 valence electrons. The van der Waals surface area contributed by atoms with Gasteiger partial charge in [-0.05, 0) is 39.0 Å². The van der Waals surface area contributed by atoms with Crippen molar-refractivity contribution in [2.75, 3.05) is 30.3 Å². The first-order chi connectivity index (χ1) is 8.13. The summed E-state index contributed by atoms with van der Waals surface area (Å²) < 4.78 is 4.93. The van der Waals surface area contributed by atoms with E-state index in [1.165, 1.54) is 0 Å². The Morgan fingerprint density at radius 3 is 2.41 bits per heavy atom. The maximum atomic E-state index is 11.6. The molecule has 0 aliphatic rings. The standard InChI is InChI=1S/C13H20N2O2/c1-4-15(5-2)10-7-8-11(12(14)9-10)13(16)17-6-3/h7-9H,4-6,14H2,1-3H3. The molecule has 0 saturated heterocycles. The van der Waals surface area contributed by atoms with Gasteiger partial charge >= 0.3 is 5.97 Å². The normalized spacial score (nSPS) is 10.1. The van der Waals surface area contributed by atoms with E-state index in [1.54, 1.807) is 13.0 Å². The van der Waals surface area contributed by atoms with Crippen LogP contribution in [0.5, 0.6) is 0 Å². The summed E-state index contributed by atoms with van der Waals surface area (Å²) in [7, 11) is 0. The van der Waals surface area contributed by atoms with E-state index in [9.17, 15) is 4.79 Å². The number of anilines is 2. The van der Waals surface area contributed by atoms with Gasteiger partial charge in [-0.3, -0.25) is 0 Å². The number of nitrogens with zero attached hydrogens (tertiary/aromatic N) is 1. The van der Waals surface area contributed by atoms with Gasteiger partial charge in [-0.2, -0.15) is 0 Å². The van der Waals surface area contributed by atoms with Gasteiger partial charge in [0.2, 0.25) is 0 Å². The Morgan fingerprint density at radius 2 is 1.94 bits per heavy atom. The van der Waals surface area contributed by atoms with Crippen LogP contribution in [-0.4, -0.2) is 25.7 Å². The molecule has 0 radical (unpaired) electrons. The molecule has 0 amide bonds. The number of hydrogen-bond donors (Lipinski definition) is 1. The van der Waals surface area contributed by atoms with E-state index in [4.69, 9.17) is 10.5 Å². The highest BCUT2D eigenvalue weighted by atomic mass is 16.5. The van der Waals surface area contributed by atoms with Gasteiger partial charge in [0.1, 0.15) is 0 Å². The minimum Gasteiger partial charge on any atom is -0.462 e. The largest absolute Gasteiger partial charge is 0.462 e. The zero-order valence-corrected chi connectivity index (χ0v) is 10.7. The Morgan fingerprint density at radius 1 is 1.29 bits per heavy atom. The van der Waals surface area contributed by atoms with Crippen molar-refractivity contribution in [3.63, 3.8) is 0 Å². The molecule has 17 heavy (non-hydrogen) atoms. The molecule has 0 heterocycles. The molecule has 0 fully saturated rings. The average molecular weight is 236 g/mol. The molecule has 0 aromatic heterocycles. The number of rotatable bonds is 5. The second-order valence-electron chi connectivity index (χ2n) is 3.66. The van der Waals surface area contributed by atoms with Gasteiger partial charge in [-0.25, -0.2) is 4.79 Å². The number of benzene rings is 1. The fourth-order valence-corrected chi connectivity index (χ4v) is 1.73. The van der Waals surface area contributed by atoms with E-state index in [2.05, 4.69) is 18.7 Å². The van der Waals surface area contributed by atoms with Crippen molar-refractivity contribution in [1.82, 2.24) is 0 Å². The van der Waals surface area contributed by atoms with Crippen LogP contribution in [0.3, 0.4) is 0 Å². The van der Waals surface area contributed by atoms with Crippen molar-refractivity contribution >= 4 is 17.3 Å². The summed E-state index contributed by atoms with van der Waals surface area (Å²) >= 11 is 0. The van der Waals surface area contributed by atoms with E-state index in [-0.39, 0.29) is 5.97 Å². The first-order valence-electron chi connectivity index (χ1n) is 5.95. The molecular formula is C13H20N2O2. The van der Waals surface area contributed by atoms with Crippen molar-refractivity contribution in [3.8, 4) is 0 Å². The molecule has 0 unspecified atom stereocenters. The minimum atomic E-state index is -0.365. The molecule has 4 nitrogen and oxygen atoms in total. The first kappa shape index (κ1) is 13.4. The lowest BCUT2D eigenvalue weighted by atomic mass is 10.1. The van der Waals surface area contributed by atoms with Crippen molar-refractivity contribution in [2.24, 2.45) is 0 Å². The van der Waals surface area contributed by atoms with Gasteiger partial charge in [0.25, 0.3) is 0 Å². The summed E-state index contributed by atoms with van der Waals surface area (Å²) in [6.45, 7) is 8.12. The summed E-state index contributed by atoms with van der Waals surface area (Å²) in [5, 5.41) is 0. The molecule has 0 aliphatic carbocycles. The van der Waals surface area contributed by atoms with Crippen LogP contribution >= 0.6 is 0 Å². The monoisotopic (exact) mass is 236 g/mol. The number of carbonyl (C=O) groups excluding carboxylic acids is 1. The predicted molar refractivity (Wildman–Crippen MR) is 70.4 cm³/mol. The van der Waals surface area contributed by atoms with Crippen molar-refractivity contribution in [2.45, 2.75) is 20.8 Å². The summed E-state index contributed by atoms with van der Waals surface area (Å²) in [5.41, 5.74) is 7.80. The van der Waals surface area contributed by atoms with Gasteiger partial charge < -0.3 is 15.4 Å². The van der Waals surface area contributed by atoms with Crippen molar-refractivity contribution < 1.29 is 9.53 Å². The number of hydrogen-bond acceptors (Lipinski definition) is 4. The quantitative estimate of drug-likeness (QED) is 0.629. The van der Waals surface area contributed by atoms with Crippen LogP contribution in [0, 0.1) is 0 Å². The fourth-order valence-electron chi connectivity index (χ4n) is 1.73. The number of nitrogen functional groups attached to an aromatic ring is 1. The summed E-state index contributed by atoms with van der Waals surface area (Å²) in [6.07, 6.45) is 0. The molecule has 0 bridgehead atoms. The number of ether oxygens (including phenoxy) is 1. The Labute approximate surface area is 102 Å². The summed E-state index contributed by atoms with van der Waals surface area (Å²) in [4.78, 5) is 13.7. The maximum Gasteiger partial charge on any atom is 0.340 e. The highest BCUT2D eigenvalue weighted by Crippen LogP contribution is 2.22. The Hall–Kier alpha value is -1.71. The molecule has 4 heteroatoms. The van der Waals surface area contributed by atoms with Crippen LogP contribution in [0.2, 0.25) is 0 Å². The molecule has 0 spiro atoms. The van der Waals surface area contributed by atoms with E-state index >= 15 is 0 Å². The lowest BCUT2D eigenvalue weighted by Gasteiger charge is -2.21. The molecule has 1 aromatic carbocycles. The van der Waals surface area contributed by atoms with E-state index in [1.807, 2.05) is 12.1 Å². The van der Waals surface area contributed by atoms with Gasteiger partial charge in [0.05, 0.1) is 12.2 Å². The zero-order valence-electron chi connectivity index (χ0n) is 10.7. The second kappa shape index (κ2) is 6.13. The number of carbonyl (C=O) groups is 1. The van der Waals surface area contributed by atoms with Crippen LogP contribution < -0.4 is 10.6 Å². The van der Waals surface area contributed by atoms with Gasteiger partial charge in [0, 0.05) is 24.5 Å². The number of esters is 1. The van der Waals surface area contributed by atoms with Crippen molar-refractivity contribution in [1.29, 1.82) is 0 Å². The topological polar surface area (TPSA) is 55.6 Å². The second-order valence-corrected chi connectivity index (χ2v) is 3.66. The highest BCUT2D eigenvalue weighted by Gasteiger charge is 2.12. The third kappa shape index (κ3) is 3.12. The lowest BCUT2D eigenvalue weighted by molar-refractivity contribution is 0.0527. The van der Waals surface area contributed by atoms with E-state index < -0.39 is 0 Å². The van der Waals surface area contributed by atoms with E-state index in [0.717, 1.165) is 18.8 Å². The van der Waals surface area contributed by atoms with Crippen LogP contribution in [0.25, 0.3) is 0 Å². The Bertz CT molecular complexity index is 387. The highest BCUT2D eigenvalue weighted by molar-refractivity contribution is 5.95. The average Bonchev–Trinajstić information content (AvgIpc) is 2.31. The fraction of sp³-hybridized carbons (Fsp3) is 0.462. The van der Waals surface area contributed by atoms with Gasteiger partial charge in [-0.1, -0.05) is 0 Å². The van der Waals surface area contributed by atoms with Crippen molar-refractivity contribution in [3.05, 3.63) is 23.8 Å². The number of nitrogens with two attached hydrogens (primary N) is 1. The van der Waals surface area contributed by atoms with Gasteiger partial charge in [-0.15, -0.1) is 0 Å². The molecular weight excluding hydrogens is 216 g/mol. The van der Waals surface area contributed by atoms with Crippen LogP contribution in [0.15, 0.2) is 18.2 Å². The smallest absolute Gasteiger partial charge is 0.340 e. The minimum absolute atomic E-state index is 0.357. The van der Waals surface area contributed by atoms with Gasteiger partial charge in [0.15, 0.2) is 0 Å². The third-order valence-electron chi connectivity index (χ3n) is 2.66. The first-order valence-corrected chi connectivity index (χ1v) is 5.95. The Kier molecular flexibility index (Phi) is 4.82. The summed E-state index contributed by atoms with van der Waals surface area (Å²) in [5.74, 6) is -0.365. The predicted octanol–water partition coefficient (Wildman–Crippen LogP) is 2.29. The van der Waals surface area contributed by atoms with Crippen LogP contribution in [0.4, 0.5) is 11.4 Å². The van der Waals surface area contributed by atoms with E-state index in [0.29, 0.717) is 17.9 Å². The summed E-state index contributed by atoms with van der Waals surface area (Å²) in [6, 6.07) is 5.44.